The van der Waals surface area contributed by atoms with Crippen molar-refractivity contribution >= 4 is 23.2 Å². The van der Waals surface area contributed by atoms with Gasteiger partial charge in [-0.1, -0.05) is 38.8 Å². The zero-order valence-corrected chi connectivity index (χ0v) is 21.9. The maximum atomic E-state index is 14.1. The van der Waals surface area contributed by atoms with E-state index in [9.17, 15) is 39.9 Å². The van der Waals surface area contributed by atoms with Crippen LogP contribution in [0.1, 0.15) is 62.1 Å². The number of rotatable bonds is 3. The average Bonchev–Trinajstić information content (AvgIpc) is 3.28. The molecular weight excluding hydrogens is 492 g/mol. The molecule has 3 unspecified atom stereocenters. The number of carbonyl (C=O) groups excluding carboxylic acids is 3. The molecule has 38 heavy (non-hydrogen) atoms. The molecule has 2 fully saturated rings. The maximum absolute atomic E-state index is 14.1. The minimum absolute atomic E-state index is 0.0478. The molecule has 1 amide bonds. The fourth-order valence-corrected chi connectivity index (χ4v) is 7.53. The van der Waals surface area contributed by atoms with Crippen molar-refractivity contribution in [2.75, 3.05) is 14.1 Å². The number of aliphatic hydroxyl groups is 4. The highest BCUT2D eigenvalue weighted by atomic mass is 16.4. The van der Waals surface area contributed by atoms with Gasteiger partial charge in [-0.15, -0.1) is 0 Å². The molecule has 7 N–H and O–H groups in total. The quantitative estimate of drug-likeness (QED) is 0.317. The van der Waals surface area contributed by atoms with Crippen LogP contribution in [0.25, 0.3) is 5.76 Å². The Balaban J connectivity index is 1.78. The Morgan fingerprint density at radius 3 is 2.26 bits per heavy atom. The van der Waals surface area contributed by atoms with Crippen LogP contribution < -0.4 is 5.73 Å². The van der Waals surface area contributed by atoms with E-state index in [-0.39, 0.29) is 22.3 Å². The SMILES string of the molecule is C[C@H]1c2ccc(C3(C)CCCC3)c(O)c2C(O)=C2C(=O)[C@]3(O)C(O)=C(C(N)=O)C(=O)[C@@H](N(C)C)C3C(O)C21. The first-order chi connectivity index (χ1) is 17.7. The molecule has 6 atom stereocenters. The number of benzene rings is 1. The van der Waals surface area contributed by atoms with Gasteiger partial charge in [-0.2, -0.15) is 0 Å². The number of primary amides is 1. The van der Waals surface area contributed by atoms with Gasteiger partial charge in [0.2, 0.25) is 5.78 Å². The van der Waals surface area contributed by atoms with E-state index in [1.807, 2.05) is 13.0 Å². The maximum Gasteiger partial charge on any atom is 0.255 e. The summed E-state index contributed by atoms with van der Waals surface area (Å²) in [6.45, 7) is 3.77. The van der Waals surface area contributed by atoms with Gasteiger partial charge in [0.15, 0.2) is 11.4 Å². The number of aromatic hydroxyl groups is 1. The van der Waals surface area contributed by atoms with Gasteiger partial charge >= 0.3 is 0 Å². The molecule has 0 aliphatic heterocycles. The molecule has 204 valence electrons. The number of hydrogen-bond acceptors (Lipinski definition) is 9. The molecule has 0 aromatic heterocycles. The van der Waals surface area contributed by atoms with E-state index in [0.29, 0.717) is 11.1 Å². The number of aliphatic hydroxyl groups excluding tert-OH is 3. The second kappa shape index (κ2) is 8.39. The fraction of sp³-hybridized carbons (Fsp3) is 0.536. The number of nitrogens with two attached hydrogens (primary N) is 1. The minimum atomic E-state index is -2.91. The Hall–Kier alpha value is -3.21. The van der Waals surface area contributed by atoms with Crippen molar-refractivity contribution < 1.29 is 39.9 Å². The van der Waals surface area contributed by atoms with Gasteiger partial charge in [0.25, 0.3) is 5.91 Å². The molecule has 4 aliphatic rings. The number of Topliss-reactive ketones (excluding diaryl/α,β-unsaturated/α-hetero) is 2. The third-order valence-corrected chi connectivity index (χ3v) is 9.49. The highest BCUT2D eigenvalue weighted by molar-refractivity contribution is 6.24. The topological polar surface area (TPSA) is 182 Å². The van der Waals surface area contributed by atoms with Gasteiger partial charge in [-0.3, -0.25) is 19.3 Å². The van der Waals surface area contributed by atoms with Gasteiger partial charge in [0, 0.05) is 17.1 Å². The van der Waals surface area contributed by atoms with Gasteiger partial charge in [-0.25, -0.2) is 0 Å². The number of nitrogens with zero attached hydrogens (tertiary/aromatic N) is 1. The van der Waals surface area contributed by atoms with Crippen molar-refractivity contribution in [3.63, 3.8) is 0 Å². The van der Waals surface area contributed by atoms with E-state index in [4.69, 9.17) is 5.73 Å². The first-order valence-corrected chi connectivity index (χ1v) is 12.9. The van der Waals surface area contributed by atoms with E-state index < -0.39 is 70.1 Å². The van der Waals surface area contributed by atoms with Crippen LogP contribution in [0.5, 0.6) is 5.75 Å². The summed E-state index contributed by atoms with van der Waals surface area (Å²) < 4.78 is 0. The molecule has 10 nitrogen and oxygen atoms in total. The number of fused-ring (bicyclic) bond motifs is 3. The number of likely N-dealkylation sites (N-methyl/N-ethyl adjacent to an activating group) is 1. The summed E-state index contributed by atoms with van der Waals surface area (Å²) in [5.74, 6) is -8.65. The lowest BCUT2D eigenvalue weighted by molar-refractivity contribution is -0.169. The standard InChI is InChI=1S/C28H34N2O8/c1-11-12-7-8-13(27(2)9-5-6-10-27)20(31)15(12)21(32)16-14(11)22(33)18-19(30(3)4)23(34)17(26(29)37)25(36)28(18,38)24(16)35/h7-8,11,14,18-19,22,31-33,36,38H,5-6,9-10H2,1-4H3,(H2,29,37)/t11-,14?,18?,19-,22?,28-/m0/s1. The van der Waals surface area contributed by atoms with Crippen molar-refractivity contribution in [2.45, 2.75) is 68.6 Å². The largest absolute Gasteiger partial charge is 0.508 e. The Bertz CT molecular complexity index is 1340. The number of phenolic OH excluding ortho intramolecular Hbond substituents is 1. The van der Waals surface area contributed by atoms with Crippen LogP contribution in [0, 0.1) is 11.8 Å². The van der Waals surface area contributed by atoms with E-state index in [1.54, 1.807) is 13.0 Å². The van der Waals surface area contributed by atoms with E-state index in [1.165, 1.54) is 19.0 Å². The van der Waals surface area contributed by atoms with Crippen LogP contribution in [0.2, 0.25) is 0 Å². The molecule has 2 saturated carbocycles. The molecule has 1 aromatic rings. The number of phenols is 1. The van der Waals surface area contributed by atoms with Crippen LogP contribution in [0.4, 0.5) is 0 Å². The molecule has 10 heteroatoms. The molecule has 0 radical (unpaired) electrons. The number of carbonyl (C=O) groups is 3. The van der Waals surface area contributed by atoms with Crippen molar-refractivity contribution in [3.05, 3.63) is 45.7 Å². The monoisotopic (exact) mass is 526 g/mol. The first-order valence-electron chi connectivity index (χ1n) is 12.9. The summed E-state index contributed by atoms with van der Waals surface area (Å²) in [6, 6.07) is 2.23. The summed E-state index contributed by atoms with van der Waals surface area (Å²) >= 11 is 0. The summed E-state index contributed by atoms with van der Waals surface area (Å²) in [5, 5.41) is 57.3. The zero-order chi connectivity index (χ0) is 28.1. The number of amides is 1. The van der Waals surface area contributed by atoms with Crippen molar-refractivity contribution in [2.24, 2.45) is 17.6 Å². The lowest BCUT2D eigenvalue weighted by Gasteiger charge is -2.53. The molecule has 0 bridgehead atoms. The predicted octanol–water partition coefficient (Wildman–Crippen LogP) is 1.33. The Morgan fingerprint density at radius 1 is 1.11 bits per heavy atom. The Kier molecular flexibility index (Phi) is 5.83. The molecule has 1 aromatic carbocycles. The zero-order valence-electron chi connectivity index (χ0n) is 21.9. The summed E-state index contributed by atoms with van der Waals surface area (Å²) in [7, 11) is 2.96. The molecule has 4 aliphatic carbocycles. The summed E-state index contributed by atoms with van der Waals surface area (Å²) in [5.41, 5.74) is 2.03. The number of hydrogen-bond donors (Lipinski definition) is 6. The van der Waals surface area contributed by atoms with Gasteiger partial charge in [0.1, 0.15) is 22.8 Å². The van der Waals surface area contributed by atoms with E-state index in [0.717, 1.165) is 25.7 Å². The van der Waals surface area contributed by atoms with E-state index >= 15 is 0 Å². The van der Waals surface area contributed by atoms with Gasteiger partial charge in [0.05, 0.1) is 23.6 Å². The van der Waals surface area contributed by atoms with Crippen molar-refractivity contribution in [3.8, 4) is 5.75 Å². The average molecular weight is 527 g/mol. The van der Waals surface area contributed by atoms with E-state index in [2.05, 4.69) is 0 Å². The smallest absolute Gasteiger partial charge is 0.255 e. The third kappa shape index (κ3) is 3.14. The molecule has 0 saturated heterocycles. The second-order valence-electron chi connectivity index (χ2n) is 11.7. The normalized spacial score (nSPS) is 34.3. The predicted molar refractivity (Wildman–Crippen MR) is 136 cm³/mol. The fourth-order valence-electron chi connectivity index (χ4n) is 7.53. The lowest BCUT2D eigenvalue weighted by Crippen LogP contribution is -2.70. The lowest BCUT2D eigenvalue weighted by atomic mass is 9.54. The molecule has 0 spiro atoms. The molecular formula is C28H34N2O8. The Labute approximate surface area is 220 Å². The Morgan fingerprint density at radius 2 is 1.71 bits per heavy atom. The van der Waals surface area contributed by atoms with Crippen LogP contribution in [-0.2, 0) is 19.8 Å². The van der Waals surface area contributed by atoms with Gasteiger partial charge in [-0.05, 0) is 43.8 Å². The van der Waals surface area contributed by atoms with Crippen molar-refractivity contribution in [1.29, 1.82) is 0 Å². The molecule has 0 heterocycles. The third-order valence-electron chi connectivity index (χ3n) is 9.49. The van der Waals surface area contributed by atoms with Crippen LogP contribution in [-0.4, -0.2) is 79.7 Å². The molecule has 5 rings (SSSR count). The van der Waals surface area contributed by atoms with Gasteiger partial charge < -0.3 is 31.3 Å². The number of ketones is 2. The second-order valence-corrected chi connectivity index (χ2v) is 11.7. The summed E-state index contributed by atoms with van der Waals surface area (Å²) in [4.78, 5) is 40.8. The van der Waals surface area contributed by atoms with Crippen LogP contribution >= 0.6 is 0 Å². The van der Waals surface area contributed by atoms with Crippen LogP contribution in [0.3, 0.4) is 0 Å². The highest BCUT2D eigenvalue weighted by Crippen LogP contribution is 2.57. The van der Waals surface area contributed by atoms with Crippen molar-refractivity contribution in [1.82, 2.24) is 4.90 Å². The first kappa shape index (κ1) is 26.4. The van der Waals surface area contributed by atoms with Crippen LogP contribution in [0.15, 0.2) is 29.0 Å². The highest BCUT2D eigenvalue weighted by Gasteiger charge is 2.68. The summed E-state index contributed by atoms with van der Waals surface area (Å²) in [6.07, 6.45) is 2.10. The minimum Gasteiger partial charge on any atom is -0.508 e.